The van der Waals surface area contributed by atoms with Crippen molar-refractivity contribution in [1.29, 1.82) is 0 Å². The summed E-state index contributed by atoms with van der Waals surface area (Å²) < 4.78 is 34.1. The van der Waals surface area contributed by atoms with Crippen LogP contribution in [0.3, 0.4) is 0 Å². The van der Waals surface area contributed by atoms with Crippen LogP contribution in [0, 0.1) is 0 Å². The molecule has 1 aromatic rings. The highest BCUT2D eigenvalue weighted by Gasteiger charge is 2.35. The average Bonchev–Trinajstić information content (AvgIpc) is 3.17. The minimum absolute atomic E-state index is 0.121. The van der Waals surface area contributed by atoms with Crippen LogP contribution in [0.4, 0.5) is 0 Å². The number of piperazine rings is 1. The number of halogens is 1. The third kappa shape index (κ3) is 3.84. The number of hydrogen-bond donors (Lipinski definition) is 0. The van der Waals surface area contributed by atoms with Crippen LogP contribution < -0.4 is 4.74 Å². The number of amides is 1. The monoisotopic (exact) mass is 431 g/mol. The van der Waals surface area contributed by atoms with E-state index in [1.54, 1.807) is 34.5 Å². The van der Waals surface area contributed by atoms with E-state index in [9.17, 15) is 13.2 Å². The fourth-order valence-corrected chi connectivity index (χ4v) is 5.26. The molecule has 0 radical (unpaired) electrons. The molecular weight excluding hydrogens is 410 g/mol. The number of nitrogens with zero attached hydrogens (tertiary/aromatic N) is 3. The Balaban J connectivity index is 1.67. The van der Waals surface area contributed by atoms with Crippen molar-refractivity contribution in [1.82, 2.24) is 13.5 Å². The second kappa shape index (κ2) is 7.61. The highest BCUT2D eigenvalue weighted by molar-refractivity contribution is 9.10. The molecule has 0 saturated carbocycles. The number of carbonyl (C=O) groups excluding carboxylic acids is 1. The predicted molar refractivity (Wildman–Crippen MR) is 97.9 cm³/mol. The summed E-state index contributed by atoms with van der Waals surface area (Å²) in [4.78, 5) is 14.5. The molecule has 2 heterocycles. The molecule has 2 aliphatic heterocycles. The first-order valence-corrected chi connectivity index (χ1v) is 10.5. The molecule has 7 nitrogen and oxygen atoms in total. The Morgan fingerprint density at radius 2 is 1.64 bits per heavy atom. The molecule has 0 N–H and O–H groups in total. The fourth-order valence-electron chi connectivity index (χ4n) is 3.17. The number of methoxy groups -OCH3 is 1. The summed E-state index contributed by atoms with van der Waals surface area (Å²) in [6, 6.07) is 5.25. The van der Waals surface area contributed by atoms with E-state index in [4.69, 9.17) is 4.74 Å². The lowest BCUT2D eigenvalue weighted by Crippen LogP contribution is -2.53. The summed E-state index contributed by atoms with van der Waals surface area (Å²) in [6.45, 7) is 2.61. The maximum Gasteiger partial charge on any atom is 0.282 e. The lowest BCUT2D eigenvalue weighted by molar-refractivity contribution is 0.0693. The van der Waals surface area contributed by atoms with Crippen LogP contribution in [0.1, 0.15) is 23.2 Å². The van der Waals surface area contributed by atoms with E-state index in [1.165, 1.54) is 4.31 Å². The predicted octanol–water partition coefficient (Wildman–Crippen LogP) is 1.56. The van der Waals surface area contributed by atoms with Crippen LogP contribution in [0.5, 0.6) is 5.75 Å². The molecule has 3 rings (SSSR count). The SMILES string of the molecule is COc1ccc(Br)c(C(=O)N2CCN(S(=O)(=O)N3CCCC3)CC2)c1. The van der Waals surface area contributed by atoms with Gasteiger partial charge in [-0.25, -0.2) is 0 Å². The van der Waals surface area contributed by atoms with Crippen LogP contribution >= 0.6 is 15.9 Å². The lowest BCUT2D eigenvalue weighted by Gasteiger charge is -2.36. The van der Waals surface area contributed by atoms with Crippen LogP contribution in [0.2, 0.25) is 0 Å². The van der Waals surface area contributed by atoms with Gasteiger partial charge >= 0.3 is 0 Å². The number of rotatable bonds is 4. The van der Waals surface area contributed by atoms with Crippen LogP contribution in [0.15, 0.2) is 22.7 Å². The first-order chi connectivity index (χ1) is 11.9. The molecule has 2 fully saturated rings. The number of carbonyl (C=O) groups is 1. The van der Waals surface area contributed by atoms with Gasteiger partial charge in [-0.2, -0.15) is 17.0 Å². The van der Waals surface area contributed by atoms with Crippen molar-refractivity contribution < 1.29 is 17.9 Å². The average molecular weight is 432 g/mol. The lowest BCUT2D eigenvalue weighted by atomic mass is 10.1. The van der Waals surface area contributed by atoms with Crippen molar-refractivity contribution in [2.75, 3.05) is 46.4 Å². The van der Waals surface area contributed by atoms with E-state index in [0.29, 0.717) is 55.1 Å². The van der Waals surface area contributed by atoms with E-state index in [0.717, 1.165) is 12.8 Å². The molecule has 0 bridgehead atoms. The van der Waals surface area contributed by atoms with Crippen LogP contribution in [0.25, 0.3) is 0 Å². The summed E-state index contributed by atoms with van der Waals surface area (Å²) >= 11 is 3.40. The Bertz CT molecular complexity index is 742. The van der Waals surface area contributed by atoms with Gasteiger partial charge in [0.05, 0.1) is 12.7 Å². The van der Waals surface area contributed by atoms with Crippen molar-refractivity contribution >= 4 is 32.0 Å². The highest BCUT2D eigenvalue weighted by atomic mass is 79.9. The molecular formula is C16H22BrN3O4S. The smallest absolute Gasteiger partial charge is 0.282 e. The molecule has 9 heteroatoms. The molecule has 0 aromatic heterocycles. The largest absolute Gasteiger partial charge is 0.497 e. The molecule has 0 aliphatic carbocycles. The van der Waals surface area contributed by atoms with Gasteiger partial charge in [-0.3, -0.25) is 4.79 Å². The van der Waals surface area contributed by atoms with Crippen molar-refractivity contribution in [2.45, 2.75) is 12.8 Å². The van der Waals surface area contributed by atoms with E-state index in [2.05, 4.69) is 15.9 Å². The van der Waals surface area contributed by atoms with Gasteiger partial charge < -0.3 is 9.64 Å². The molecule has 2 aliphatic rings. The molecule has 0 unspecified atom stereocenters. The zero-order valence-corrected chi connectivity index (χ0v) is 16.6. The summed E-state index contributed by atoms with van der Waals surface area (Å²) in [5.41, 5.74) is 0.523. The molecule has 25 heavy (non-hydrogen) atoms. The van der Waals surface area contributed by atoms with E-state index in [-0.39, 0.29) is 5.91 Å². The summed E-state index contributed by atoms with van der Waals surface area (Å²) in [5, 5.41) is 0. The number of ether oxygens (including phenoxy) is 1. The van der Waals surface area contributed by atoms with Crippen molar-refractivity contribution in [2.24, 2.45) is 0 Å². The van der Waals surface area contributed by atoms with Crippen LogP contribution in [-0.2, 0) is 10.2 Å². The van der Waals surface area contributed by atoms with Gasteiger partial charge in [0.2, 0.25) is 0 Å². The maximum absolute atomic E-state index is 12.8. The Labute approximate surface area is 156 Å². The first-order valence-electron chi connectivity index (χ1n) is 8.31. The van der Waals surface area contributed by atoms with Crippen molar-refractivity contribution in [3.63, 3.8) is 0 Å². The second-order valence-electron chi connectivity index (χ2n) is 6.15. The van der Waals surface area contributed by atoms with Crippen LogP contribution in [-0.4, -0.2) is 74.2 Å². The minimum Gasteiger partial charge on any atom is -0.497 e. The first kappa shape index (κ1) is 18.6. The standard InChI is InChI=1S/C16H22BrN3O4S/c1-24-13-4-5-15(17)14(12-13)16(21)18-8-10-20(11-9-18)25(22,23)19-6-2-3-7-19/h4-5,12H,2-3,6-11H2,1H3. The summed E-state index contributed by atoms with van der Waals surface area (Å²) in [6.07, 6.45) is 1.84. The third-order valence-corrected chi connectivity index (χ3v) is 7.37. The maximum atomic E-state index is 12.8. The molecule has 0 spiro atoms. The number of benzene rings is 1. The minimum atomic E-state index is -3.39. The zero-order valence-electron chi connectivity index (χ0n) is 14.1. The quantitative estimate of drug-likeness (QED) is 0.724. The normalized spacial score (nSPS) is 20.0. The fraction of sp³-hybridized carbons (Fsp3) is 0.562. The molecule has 138 valence electrons. The van der Waals surface area contributed by atoms with Gasteiger partial charge in [0.25, 0.3) is 16.1 Å². The summed E-state index contributed by atoms with van der Waals surface area (Å²) in [5.74, 6) is 0.491. The Hall–Kier alpha value is -1.16. The molecule has 2 saturated heterocycles. The van der Waals surface area contributed by atoms with Gasteiger partial charge in [0.15, 0.2) is 0 Å². The topological polar surface area (TPSA) is 70.2 Å². The van der Waals surface area contributed by atoms with Gasteiger partial charge in [-0.15, -0.1) is 0 Å². The van der Waals surface area contributed by atoms with E-state index in [1.807, 2.05) is 0 Å². The molecule has 0 atom stereocenters. The van der Waals surface area contributed by atoms with E-state index >= 15 is 0 Å². The second-order valence-corrected chi connectivity index (χ2v) is 8.93. The number of hydrogen-bond acceptors (Lipinski definition) is 4. The highest BCUT2D eigenvalue weighted by Crippen LogP contribution is 2.25. The zero-order chi connectivity index (χ0) is 18.0. The Morgan fingerprint density at radius 1 is 1.04 bits per heavy atom. The van der Waals surface area contributed by atoms with E-state index < -0.39 is 10.2 Å². The Kier molecular flexibility index (Phi) is 5.67. The van der Waals surface area contributed by atoms with Crippen molar-refractivity contribution in [3.05, 3.63) is 28.2 Å². The molecule has 1 aromatic carbocycles. The molecule has 1 amide bonds. The van der Waals surface area contributed by atoms with Gasteiger partial charge in [0, 0.05) is 43.7 Å². The Morgan fingerprint density at radius 3 is 2.24 bits per heavy atom. The van der Waals surface area contributed by atoms with Crippen molar-refractivity contribution in [3.8, 4) is 5.75 Å². The third-order valence-electron chi connectivity index (χ3n) is 4.65. The van der Waals surface area contributed by atoms with Gasteiger partial charge in [0.1, 0.15) is 5.75 Å². The van der Waals surface area contributed by atoms with Gasteiger partial charge in [-0.1, -0.05) is 0 Å². The summed E-state index contributed by atoms with van der Waals surface area (Å²) in [7, 11) is -1.84. The van der Waals surface area contributed by atoms with Gasteiger partial charge in [-0.05, 0) is 47.0 Å².